The van der Waals surface area contributed by atoms with Crippen LogP contribution >= 0.6 is 15.9 Å². The maximum atomic E-state index is 11.8. The summed E-state index contributed by atoms with van der Waals surface area (Å²) in [4.78, 5) is 22.3. The number of halogens is 1. The van der Waals surface area contributed by atoms with Crippen molar-refractivity contribution in [3.8, 4) is 0 Å². The lowest BCUT2D eigenvalue weighted by atomic mass is 10.2. The summed E-state index contributed by atoms with van der Waals surface area (Å²) in [6.07, 6.45) is 4.40. The lowest BCUT2D eigenvalue weighted by Crippen LogP contribution is -2.35. The summed E-state index contributed by atoms with van der Waals surface area (Å²) in [7, 11) is 1.88. The zero-order chi connectivity index (χ0) is 14.5. The molecule has 1 N–H and O–H groups in total. The summed E-state index contributed by atoms with van der Waals surface area (Å²) in [6.45, 7) is 3.04. The van der Waals surface area contributed by atoms with Crippen molar-refractivity contribution >= 4 is 38.6 Å². The average molecular weight is 337 g/mol. The fourth-order valence-electron chi connectivity index (χ4n) is 1.92. The highest BCUT2D eigenvalue weighted by Gasteiger charge is 2.11. The zero-order valence-corrected chi connectivity index (χ0v) is 13.1. The smallest absolute Gasteiger partial charge is 0.239 e. The Balaban J connectivity index is 2.21. The summed E-state index contributed by atoms with van der Waals surface area (Å²) in [6, 6.07) is 3.78. The van der Waals surface area contributed by atoms with Gasteiger partial charge in [-0.1, -0.05) is 6.92 Å². The first-order valence-corrected chi connectivity index (χ1v) is 7.29. The van der Waals surface area contributed by atoms with E-state index in [2.05, 4.69) is 31.2 Å². The standard InChI is InChI=1S/C14H17BrN4O/c1-3-5-17-13(20)9-19(2)12-4-6-16-11-7-10(15)8-18-14(11)12/h4,6-8H,3,5,9H2,1-2H3,(H,17,20). The molecule has 0 aromatic carbocycles. The molecule has 0 aliphatic heterocycles. The highest BCUT2D eigenvalue weighted by Crippen LogP contribution is 2.24. The number of likely N-dealkylation sites (N-methyl/N-ethyl adjacent to an activating group) is 1. The van der Waals surface area contributed by atoms with Crippen LogP contribution in [0, 0.1) is 0 Å². The van der Waals surface area contributed by atoms with Crippen LogP contribution in [0.2, 0.25) is 0 Å². The number of carbonyl (C=O) groups is 1. The Kier molecular flexibility index (Phi) is 4.89. The molecule has 0 saturated heterocycles. The molecule has 20 heavy (non-hydrogen) atoms. The third-order valence-electron chi connectivity index (χ3n) is 2.89. The van der Waals surface area contributed by atoms with Crippen molar-refractivity contribution in [1.82, 2.24) is 15.3 Å². The van der Waals surface area contributed by atoms with E-state index in [1.165, 1.54) is 0 Å². The monoisotopic (exact) mass is 336 g/mol. The fraction of sp³-hybridized carbons (Fsp3) is 0.357. The Morgan fingerprint density at radius 2 is 2.25 bits per heavy atom. The SMILES string of the molecule is CCCNC(=O)CN(C)c1ccnc2cc(Br)cnc12. The number of anilines is 1. The van der Waals surface area contributed by atoms with Gasteiger partial charge in [0, 0.05) is 30.5 Å². The number of hydrogen-bond acceptors (Lipinski definition) is 4. The van der Waals surface area contributed by atoms with Gasteiger partial charge in [0.15, 0.2) is 0 Å². The van der Waals surface area contributed by atoms with Crippen molar-refractivity contribution in [3.05, 3.63) is 29.0 Å². The van der Waals surface area contributed by atoms with E-state index in [0.717, 1.165) is 27.6 Å². The van der Waals surface area contributed by atoms with Gasteiger partial charge >= 0.3 is 0 Å². The number of pyridine rings is 2. The molecule has 0 aliphatic rings. The first-order valence-electron chi connectivity index (χ1n) is 6.50. The maximum Gasteiger partial charge on any atom is 0.239 e. The van der Waals surface area contributed by atoms with Crippen LogP contribution in [0.1, 0.15) is 13.3 Å². The molecule has 0 bridgehead atoms. The number of aromatic nitrogens is 2. The Morgan fingerprint density at radius 3 is 3.00 bits per heavy atom. The van der Waals surface area contributed by atoms with Crippen LogP contribution in [0.5, 0.6) is 0 Å². The lowest BCUT2D eigenvalue weighted by molar-refractivity contribution is -0.119. The minimum Gasteiger partial charge on any atom is -0.363 e. The van der Waals surface area contributed by atoms with Crippen molar-refractivity contribution in [1.29, 1.82) is 0 Å². The Morgan fingerprint density at radius 1 is 1.45 bits per heavy atom. The van der Waals surface area contributed by atoms with E-state index < -0.39 is 0 Å². The molecule has 2 heterocycles. The van der Waals surface area contributed by atoms with Crippen LogP contribution in [-0.2, 0) is 4.79 Å². The fourth-order valence-corrected chi connectivity index (χ4v) is 2.24. The molecular weight excluding hydrogens is 320 g/mol. The van der Waals surface area contributed by atoms with Gasteiger partial charge in [0.25, 0.3) is 0 Å². The predicted molar refractivity (Wildman–Crippen MR) is 83.8 cm³/mol. The quantitative estimate of drug-likeness (QED) is 0.910. The number of fused-ring (bicyclic) bond motifs is 1. The largest absolute Gasteiger partial charge is 0.363 e. The van der Waals surface area contributed by atoms with Gasteiger partial charge in [-0.05, 0) is 34.5 Å². The van der Waals surface area contributed by atoms with Crippen LogP contribution in [0.3, 0.4) is 0 Å². The molecule has 6 heteroatoms. The number of carbonyl (C=O) groups excluding carboxylic acids is 1. The van der Waals surface area contributed by atoms with Crippen molar-refractivity contribution < 1.29 is 4.79 Å². The zero-order valence-electron chi connectivity index (χ0n) is 11.6. The van der Waals surface area contributed by atoms with Crippen molar-refractivity contribution in [2.75, 3.05) is 25.0 Å². The van der Waals surface area contributed by atoms with Crippen LogP contribution in [0.25, 0.3) is 11.0 Å². The molecule has 0 fully saturated rings. The number of nitrogens with zero attached hydrogens (tertiary/aromatic N) is 3. The first-order chi connectivity index (χ1) is 9.61. The summed E-state index contributed by atoms with van der Waals surface area (Å²) < 4.78 is 0.887. The Bertz CT molecular complexity index is 617. The number of hydrogen-bond donors (Lipinski definition) is 1. The first kappa shape index (κ1) is 14.7. The molecule has 0 aliphatic carbocycles. The number of nitrogens with one attached hydrogen (secondary N) is 1. The molecule has 2 aromatic heterocycles. The van der Waals surface area contributed by atoms with E-state index in [-0.39, 0.29) is 5.91 Å². The van der Waals surface area contributed by atoms with Crippen molar-refractivity contribution in [2.45, 2.75) is 13.3 Å². The summed E-state index contributed by atoms with van der Waals surface area (Å²) in [5.41, 5.74) is 2.49. The predicted octanol–water partition coefficient (Wildman–Crippen LogP) is 2.35. The highest BCUT2D eigenvalue weighted by atomic mass is 79.9. The molecule has 1 amide bonds. The molecule has 106 valence electrons. The molecule has 5 nitrogen and oxygen atoms in total. The second kappa shape index (κ2) is 6.65. The molecule has 2 rings (SSSR count). The second-order valence-corrected chi connectivity index (χ2v) is 5.47. The van der Waals surface area contributed by atoms with Gasteiger partial charge in [-0.2, -0.15) is 0 Å². The minimum atomic E-state index is 0.0106. The van der Waals surface area contributed by atoms with Gasteiger partial charge < -0.3 is 10.2 Å². The van der Waals surface area contributed by atoms with Crippen LogP contribution in [0.15, 0.2) is 29.0 Å². The van der Waals surface area contributed by atoms with Gasteiger partial charge in [-0.25, -0.2) is 0 Å². The molecular formula is C14H17BrN4O. The number of amides is 1. The van der Waals surface area contributed by atoms with Crippen LogP contribution in [0.4, 0.5) is 5.69 Å². The minimum absolute atomic E-state index is 0.0106. The Hall–Kier alpha value is -1.69. The summed E-state index contributed by atoms with van der Waals surface area (Å²) >= 11 is 3.38. The second-order valence-electron chi connectivity index (χ2n) is 4.56. The van der Waals surface area contributed by atoms with Gasteiger partial charge in [0.2, 0.25) is 5.91 Å². The third-order valence-corrected chi connectivity index (χ3v) is 3.32. The van der Waals surface area contributed by atoms with Crippen molar-refractivity contribution in [2.24, 2.45) is 0 Å². The Labute approximate surface area is 126 Å². The molecule has 0 radical (unpaired) electrons. The topological polar surface area (TPSA) is 58.1 Å². The third kappa shape index (κ3) is 3.45. The number of rotatable bonds is 5. The normalized spacial score (nSPS) is 10.6. The van der Waals surface area contributed by atoms with E-state index in [9.17, 15) is 4.79 Å². The van der Waals surface area contributed by atoms with Crippen LogP contribution < -0.4 is 10.2 Å². The van der Waals surface area contributed by atoms with Crippen LogP contribution in [-0.4, -0.2) is 36.0 Å². The summed E-state index contributed by atoms with van der Waals surface area (Å²) in [5, 5.41) is 2.87. The van der Waals surface area contributed by atoms with Gasteiger partial charge in [0.1, 0.15) is 5.52 Å². The van der Waals surface area contributed by atoms with Gasteiger partial charge in [-0.15, -0.1) is 0 Å². The lowest BCUT2D eigenvalue weighted by Gasteiger charge is -2.19. The summed E-state index contributed by atoms with van der Waals surface area (Å²) in [5.74, 6) is 0.0106. The van der Waals surface area contributed by atoms with E-state index in [1.807, 2.05) is 31.0 Å². The molecule has 0 unspecified atom stereocenters. The van der Waals surface area contributed by atoms with E-state index in [4.69, 9.17) is 0 Å². The average Bonchev–Trinajstić information content (AvgIpc) is 2.44. The molecule has 0 atom stereocenters. The van der Waals surface area contributed by atoms with Gasteiger partial charge in [0.05, 0.1) is 17.7 Å². The molecule has 0 saturated carbocycles. The molecule has 2 aromatic rings. The van der Waals surface area contributed by atoms with Crippen molar-refractivity contribution in [3.63, 3.8) is 0 Å². The highest BCUT2D eigenvalue weighted by molar-refractivity contribution is 9.10. The van der Waals surface area contributed by atoms with E-state index in [0.29, 0.717) is 13.1 Å². The van der Waals surface area contributed by atoms with Gasteiger partial charge in [-0.3, -0.25) is 14.8 Å². The maximum absolute atomic E-state index is 11.8. The van der Waals surface area contributed by atoms with E-state index in [1.54, 1.807) is 12.4 Å². The van der Waals surface area contributed by atoms with E-state index >= 15 is 0 Å². The molecule has 0 spiro atoms.